The maximum atomic E-state index is 11.4. The van der Waals surface area contributed by atoms with Crippen molar-refractivity contribution in [3.05, 3.63) is 35.9 Å². The molecule has 1 aromatic rings. The normalized spacial score (nSPS) is 20.5. The Morgan fingerprint density at radius 2 is 2.13 bits per heavy atom. The molecule has 1 atom stereocenters. The molecule has 1 amide bonds. The number of alkyl halides is 1. The molecular weight excluding hydrogens is 214 g/mol. The third-order valence-corrected chi connectivity index (χ3v) is 2.68. The van der Waals surface area contributed by atoms with Crippen molar-refractivity contribution in [1.29, 1.82) is 0 Å². The number of benzene rings is 1. The number of hydrogen-bond acceptors (Lipinski definition) is 2. The maximum Gasteiger partial charge on any atom is 0.410 e. The molecule has 0 unspecified atom stereocenters. The lowest BCUT2D eigenvalue weighted by molar-refractivity contribution is 0.138. The summed E-state index contributed by atoms with van der Waals surface area (Å²) in [6.45, 7) is 1.17. The van der Waals surface area contributed by atoms with E-state index in [0.717, 1.165) is 5.56 Å². The summed E-state index contributed by atoms with van der Waals surface area (Å²) in [6.07, 6.45) is -0.438. The molecule has 1 heterocycles. The van der Waals surface area contributed by atoms with Crippen LogP contribution in [-0.2, 0) is 11.3 Å². The van der Waals surface area contributed by atoms with Crippen molar-refractivity contribution in [2.45, 2.75) is 12.6 Å². The topological polar surface area (TPSA) is 29.5 Å². The summed E-state index contributed by atoms with van der Waals surface area (Å²) >= 11 is 5.64. The molecule has 4 heteroatoms. The highest BCUT2D eigenvalue weighted by atomic mass is 35.5. The Labute approximate surface area is 93.6 Å². The van der Waals surface area contributed by atoms with E-state index in [1.807, 2.05) is 30.3 Å². The monoisotopic (exact) mass is 225 g/mol. The first-order chi connectivity index (χ1) is 7.29. The van der Waals surface area contributed by atoms with Crippen LogP contribution in [0, 0.1) is 0 Å². The summed E-state index contributed by atoms with van der Waals surface area (Å²) in [5.41, 5.74) is 1.10. The van der Waals surface area contributed by atoms with E-state index < -0.39 is 0 Å². The van der Waals surface area contributed by atoms with Crippen LogP contribution in [0.3, 0.4) is 0 Å². The van der Waals surface area contributed by atoms with Crippen molar-refractivity contribution in [2.24, 2.45) is 0 Å². The highest BCUT2D eigenvalue weighted by Crippen LogP contribution is 2.15. The van der Waals surface area contributed by atoms with Gasteiger partial charge in [-0.2, -0.15) is 0 Å². The fourth-order valence-electron chi connectivity index (χ4n) is 1.59. The van der Waals surface area contributed by atoms with Crippen LogP contribution in [0.25, 0.3) is 0 Å². The first-order valence-corrected chi connectivity index (χ1v) is 5.38. The smallest absolute Gasteiger partial charge is 0.410 e. The molecular formula is C11H12ClNO2. The molecule has 1 aliphatic rings. The first kappa shape index (κ1) is 10.3. The van der Waals surface area contributed by atoms with Gasteiger partial charge in [0.15, 0.2) is 0 Å². The molecule has 1 aliphatic heterocycles. The van der Waals surface area contributed by atoms with E-state index in [0.29, 0.717) is 19.0 Å². The van der Waals surface area contributed by atoms with Crippen molar-refractivity contribution >= 4 is 17.7 Å². The summed E-state index contributed by atoms with van der Waals surface area (Å²) in [5, 5.41) is 0. The van der Waals surface area contributed by atoms with Gasteiger partial charge in [0.25, 0.3) is 0 Å². The molecule has 1 aromatic carbocycles. The zero-order chi connectivity index (χ0) is 10.7. The van der Waals surface area contributed by atoms with Crippen molar-refractivity contribution in [3.8, 4) is 0 Å². The third kappa shape index (κ3) is 2.42. The second kappa shape index (κ2) is 4.53. The minimum atomic E-state index is -0.274. The molecule has 15 heavy (non-hydrogen) atoms. The molecule has 0 spiro atoms. The Hall–Kier alpha value is -1.22. The number of halogens is 1. The lowest BCUT2D eigenvalue weighted by Gasteiger charge is -2.12. The maximum absolute atomic E-state index is 11.4. The van der Waals surface area contributed by atoms with Gasteiger partial charge in [0, 0.05) is 6.54 Å². The molecule has 0 N–H and O–H groups in total. The van der Waals surface area contributed by atoms with Gasteiger partial charge in [-0.15, -0.1) is 11.6 Å². The van der Waals surface area contributed by atoms with E-state index in [1.54, 1.807) is 4.90 Å². The quantitative estimate of drug-likeness (QED) is 0.739. The SMILES string of the molecule is O=C1O[C@H](CCl)CN1Cc1ccccc1. The molecule has 0 aromatic heterocycles. The summed E-state index contributed by atoms with van der Waals surface area (Å²) < 4.78 is 5.05. The molecule has 0 bridgehead atoms. The fraction of sp³-hybridized carbons (Fsp3) is 0.364. The third-order valence-electron chi connectivity index (χ3n) is 2.34. The van der Waals surface area contributed by atoms with Crippen LogP contribution in [0.1, 0.15) is 5.56 Å². The molecule has 0 radical (unpaired) electrons. The molecule has 1 saturated heterocycles. The van der Waals surface area contributed by atoms with Crippen LogP contribution in [0.15, 0.2) is 30.3 Å². The molecule has 2 rings (SSSR count). The van der Waals surface area contributed by atoms with Crippen LogP contribution in [0.5, 0.6) is 0 Å². The van der Waals surface area contributed by atoms with Gasteiger partial charge in [0.2, 0.25) is 0 Å². The van der Waals surface area contributed by atoms with Crippen LogP contribution < -0.4 is 0 Å². The predicted octanol–water partition coefficient (Wildman–Crippen LogP) is 2.25. The minimum Gasteiger partial charge on any atom is -0.443 e. The average Bonchev–Trinajstić information content (AvgIpc) is 2.61. The van der Waals surface area contributed by atoms with E-state index in [-0.39, 0.29) is 12.2 Å². The average molecular weight is 226 g/mol. The minimum absolute atomic E-state index is 0.164. The van der Waals surface area contributed by atoms with E-state index in [4.69, 9.17) is 16.3 Å². The van der Waals surface area contributed by atoms with Gasteiger partial charge in [-0.3, -0.25) is 0 Å². The summed E-state index contributed by atoms with van der Waals surface area (Å²) in [6, 6.07) is 9.83. The van der Waals surface area contributed by atoms with Gasteiger partial charge in [0.1, 0.15) is 6.10 Å². The first-order valence-electron chi connectivity index (χ1n) is 4.85. The number of hydrogen-bond donors (Lipinski definition) is 0. The zero-order valence-corrected chi connectivity index (χ0v) is 8.98. The molecule has 80 valence electrons. The van der Waals surface area contributed by atoms with Crippen LogP contribution in [0.2, 0.25) is 0 Å². The Balaban J connectivity index is 1.99. The number of nitrogens with zero attached hydrogens (tertiary/aromatic N) is 1. The van der Waals surface area contributed by atoms with Crippen molar-refractivity contribution in [2.75, 3.05) is 12.4 Å². The number of carbonyl (C=O) groups is 1. The molecule has 0 saturated carbocycles. The van der Waals surface area contributed by atoms with Crippen LogP contribution in [0.4, 0.5) is 4.79 Å². The summed E-state index contributed by atoms with van der Waals surface area (Å²) in [5.74, 6) is 0.358. The van der Waals surface area contributed by atoms with E-state index >= 15 is 0 Å². The number of ether oxygens (including phenoxy) is 1. The van der Waals surface area contributed by atoms with Gasteiger partial charge in [0.05, 0.1) is 12.4 Å². The number of carbonyl (C=O) groups excluding carboxylic acids is 1. The highest BCUT2D eigenvalue weighted by molar-refractivity contribution is 6.18. The summed E-state index contributed by atoms with van der Waals surface area (Å²) in [4.78, 5) is 13.1. The predicted molar refractivity (Wildman–Crippen MR) is 57.8 cm³/mol. The van der Waals surface area contributed by atoms with Crippen molar-refractivity contribution < 1.29 is 9.53 Å². The van der Waals surface area contributed by atoms with Gasteiger partial charge in [-0.05, 0) is 5.56 Å². The van der Waals surface area contributed by atoms with Gasteiger partial charge in [-0.25, -0.2) is 4.79 Å². The Morgan fingerprint density at radius 3 is 2.73 bits per heavy atom. The Morgan fingerprint density at radius 1 is 1.40 bits per heavy atom. The van der Waals surface area contributed by atoms with E-state index in [1.165, 1.54) is 0 Å². The molecule has 3 nitrogen and oxygen atoms in total. The fourth-order valence-corrected chi connectivity index (χ4v) is 1.75. The number of cyclic esters (lactones) is 1. The number of rotatable bonds is 3. The van der Waals surface area contributed by atoms with Gasteiger partial charge in [-0.1, -0.05) is 30.3 Å². The lowest BCUT2D eigenvalue weighted by atomic mass is 10.2. The second-order valence-electron chi connectivity index (χ2n) is 3.53. The summed E-state index contributed by atoms with van der Waals surface area (Å²) in [7, 11) is 0. The Kier molecular flexibility index (Phi) is 3.11. The number of amides is 1. The zero-order valence-electron chi connectivity index (χ0n) is 8.23. The lowest BCUT2D eigenvalue weighted by Crippen LogP contribution is -2.24. The molecule has 1 fully saturated rings. The van der Waals surface area contributed by atoms with Crippen molar-refractivity contribution in [1.82, 2.24) is 4.90 Å². The van der Waals surface area contributed by atoms with E-state index in [9.17, 15) is 4.79 Å². The van der Waals surface area contributed by atoms with Gasteiger partial charge < -0.3 is 9.64 Å². The van der Waals surface area contributed by atoms with Crippen LogP contribution in [-0.4, -0.2) is 29.5 Å². The molecule has 0 aliphatic carbocycles. The van der Waals surface area contributed by atoms with E-state index in [2.05, 4.69) is 0 Å². The standard InChI is InChI=1S/C11H12ClNO2/c12-6-10-8-13(11(14)15-10)7-9-4-2-1-3-5-9/h1-5,10H,6-8H2/t10-/m1/s1. The highest BCUT2D eigenvalue weighted by Gasteiger charge is 2.30. The Bertz CT molecular complexity index is 342. The van der Waals surface area contributed by atoms with Gasteiger partial charge >= 0.3 is 6.09 Å². The second-order valence-corrected chi connectivity index (χ2v) is 3.83. The van der Waals surface area contributed by atoms with Crippen LogP contribution >= 0.6 is 11.6 Å². The largest absolute Gasteiger partial charge is 0.443 e. The van der Waals surface area contributed by atoms with Crippen molar-refractivity contribution in [3.63, 3.8) is 0 Å².